The quantitative estimate of drug-likeness (QED) is 0.0277. The van der Waals surface area contributed by atoms with Crippen molar-refractivity contribution in [1.29, 1.82) is 0 Å². The minimum Gasteiger partial charge on any atom is -0.756 e. The summed E-state index contributed by atoms with van der Waals surface area (Å²) < 4.78 is 23.1. The molecule has 54 heavy (non-hydrogen) atoms. The van der Waals surface area contributed by atoms with Crippen LogP contribution in [0.15, 0.2) is 24.3 Å². The van der Waals surface area contributed by atoms with E-state index < -0.39 is 20.0 Å². The molecule has 8 nitrogen and oxygen atoms in total. The van der Waals surface area contributed by atoms with Crippen LogP contribution in [0.3, 0.4) is 0 Å². The van der Waals surface area contributed by atoms with Gasteiger partial charge in [0, 0.05) is 6.42 Å². The number of aliphatic hydroxyl groups excluding tert-OH is 1. The van der Waals surface area contributed by atoms with Crippen molar-refractivity contribution in [2.75, 3.05) is 40.9 Å². The Hall–Kier alpha value is -1.02. The molecular formula is C45H89N2O6P. The SMILES string of the molecule is CCCCCCCCCCCCCCCCCCCC/C=C/CC/C=C/C(O)C(COP(=O)([O-])OCC[N+](C)(C)C)NC(=O)CCCCCCCCCC. The normalized spacial score (nSPS) is 14.6. The number of quaternary nitrogens is 1. The number of likely N-dealkylation sites (N-methyl/N-ethyl adjacent to an activating group) is 1. The number of phosphoric acid groups is 1. The van der Waals surface area contributed by atoms with Gasteiger partial charge in [-0.1, -0.05) is 192 Å². The minimum atomic E-state index is -4.58. The maximum Gasteiger partial charge on any atom is 0.268 e. The smallest absolute Gasteiger partial charge is 0.268 e. The van der Waals surface area contributed by atoms with Crippen molar-refractivity contribution >= 4 is 13.7 Å². The van der Waals surface area contributed by atoms with Crippen LogP contribution >= 0.6 is 7.82 Å². The maximum atomic E-state index is 12.7. The fourth-order valence-corrected chi connectivity index (χ4v) is 7.24. The molecule has 0 aromatic rings. The number of allylic oxidation sites excluding steroid dienone is 3. The van der Waals surface area contributed by atoms with Crippen molar-refractivity contribution in [3.63, 3.8) is 0 Å². The molecule has 3 atom stereocenters. The number of rotatable bonds is 41. The van der Waals surface area contributed by atoms with Crippen molar-refractivity contribution in [2.24, 2.45) is 0 Å². The van der Waals surface area contributed by atoms with E-state index in [4.69, 9.17) is 9.05 Å². The highest BCUT2D eigenvalue weighted by Gasteiger charge is 2.23. The third kappa shape index (κ3) is 39.2. The van der Waals surface area contributed by atoms with Crippen LogP contribution in [0.2, 0.25) is 0 Å². The number of nitrogens with one attached hydrogen (secondary N) is 1. The van der Waals surface area contributed by atoms with Gasteiger partial charge in [0.05, 0.1) is 39.9 Å². The molecule has 0 aliphatic rings. The number of carbonyl (C=O) groups excluding carboxylic acids is 1. The van der Waals surface area contributed by atoms with Gasteiger partial charge >= 0.3 is 0 Å². The first-order valence-corrected chi connectivity index (χ1v) is 24.2. The lowest BCUT2D eigenvalue weighted by Crippen LogP contribution is -2.45. The second-order valence-electron chi connectivity index (χ2n) is 16.8. The first-order chi connectivity index (χ1) is 26.0. The third-order valence-electron chi connectivity index (χ3n) is 10.2. The van der Waals surface area contributed by atoms with Gasteiger partial charge in [-0.25, -0.2) is 0 Å². The second-order valence-corrected chi connectivity index (χ2v) is 18.2. The van der Waals surface area contributed by atoms with Crippen LogP contribution in [0.1, 0.15) is 206 Å². The molecule has 2 N–H and O–H groups in total. The molecule has 0 saturated heterocycles. The van der Waals surface area contributed by atoms with Crippen LogP contribution in [0.25, 0.3) is 0 Å². The summed E-state index contributed by atoms with van der Waals surface area (Å²) in [5.74, 6) is -0.212. The molecule has 0 spiro atoms. The fourth-order valence-electron chi connectivity index (χ4n) is 6.52. The zero-order valence-corrected chi connectivity index (χ0v) is 37.1. The first-order valence-electron chi connectivity index (χ1n) is 22.7. The molecule has 0 radical (unpaired) electrons. The van der Waals surface area contributed by atoms with Crippen molar-refractivity contribution in [1.82, 2.24) is 5.32 Å². The van der Waals surface area contributed by atoms with E-state index in [0.717, 1.165) is 38.5 Å². The number of carbonyl (C=O) groups is 1. The number of nitrogens with zero attached hydrogens (tertiary/aromatic N) is 1. The van der Waals surface area contributed by atoms with Gasteiger partial charge in [0.1, 0.15) is 13.2 Å². The van der Waals surface area contributed by atoms with Crippen LogP contribution in [-0.2, 0) is 18.4 Å². The standard InChI is InChI=1S/C45H89N2O6P/c1-6-8-10-12-14-16-17-18-19-20-21-22-23-24-25-26-27-28-29-30-31-32-34-36-38-44(48)43(42-53-54(50,51)52-41-40-47(3,4)5)46-45(49)39-37-35-33-15-13-11-9-7-2/h30-31,36,38,43-44,48H,6-29,32-35,37,39-42H2,1-5H3,(H-,46,49,50,51)/b31-30+,38-36+. The van der Waals surface area contributed by atoms with Crippen molar-refractivity contribution in [2.45, 2.75) is 219 Å². The fraction of sp³-hybridized carbons (Fsp3) is 0.889. The number of aliphatic hydroxyl groups is 1. The molecule has 0 bridgehead atoms. The Morgan fingerprint density at radius 1 is 0.630 bits per heavy atom. The minimum absolute atomic E-state index is 0.00470. The number of hydrogen-bond donors (Lipinski definition) is 2. The van der Waals surface area contributed by atoms with Crippen molar-refractivity contribution < 1.29 is 32.9 Å². The van der Waals surface area contributed by atoms with E-state index in [9.17, 15) is 19.4 Å². The lowest BCUT2D eigenvalue weighted by molar-refractivity contribution is -0.870. The number of phosphoric ester groups is 1. The summed E-state index contributed by atoms with van der Waals surface area (Å²) in [5, 5.41) is 13.7. The molecule has 0 aliphatic heterocycles. The highest BCUT2D eigenvalue weighted by Crippen LogP contribution is 2.38. The average Bonchev–Trinajstić information content (AvgIpc) is 3.12. The molecular weight excluding hydrogens is 695 g/mol. The van der Waals surface area contributed by atoms with Gasteiger partial charge in [-0.15, -0.1) is 0 Å². The van der Waals surface area contributed by atoms with E-state index in [1.54, 1.807) is 6.08 Å². The lowest BCUT2D eigenvalue weighted by Gasteiger charge is -2.29. The number of hydrogen-bond acceptors (Lipinski definition) is 6. The average molecular weight is 785 g/mol. The Labute approximate surface area is 334 Å². The summed E-state index contributed by atoms with van der Waals surface area (Å²) in [6, 6.07) is -0.896. The molecule has 0 aromatic carbocycles. The van der Waals surface area contributed by atoms with Crippen LogP contribution in [-0.4, -0.2) is 68.5 Å². The van der Waals surface area contributed by atoms with Gasteiger partial charge in [-0.2, -0.15) is 0 Å². The molecule has 0 heterocycles. The number of unbranched alkanes of at least 4 members (excludes halogenated alkanes) is 26. The summed E-state index contributed by atoms with van der Waals surface area (Å²) in [5.41, 5.74) is 0. The van der Waals surface area contributed by atoms with Crippen molar-refractivity contribution in [3.8, 4) is 0 Å². The van der Waals surface area contributed by atoms with E-state index in [2.05, 4.69) is 31.3 Å². The zero-order valence-electron chi connectivity index (χ0n) is 36.2. The van der Waals surface area contributed by atoms with E-state index in [-0.39, 0.29) is 19.1 Å². The highest BCUT2D eigenvalue weighted by molar-refractivity contribution is 7.45. The molecule has 1 amide bonds. The zero-order chi connectivity index (χ0) is 40.0. The Kier molecular flexibility index (Phi) is 36.8. The Bertz CT molecular complexity index is 938. The summed E-state index contributed by atoms with van der Waals surface area (Å²) in [6.45, 7) is 4.59. The summed E-state index contributed by atoms with van der Waals surface area (Å²) in [4.78, 5) is 25.1. The molecule has 0 aliphatic carbocycles. The molecule has 0 saturated carbocycles. The van der Waals surface area contributed by atoms with Gasteiger partial charge in [0.2, 0.25) is 5.91 Å². The topological polar surface area (TPSA) is 108 Å². The summed E-state index contributed by atoms with van der Waals surface area (Å²) in [7, 11) is 1.25. The lowest BCUT2D eigenvalue weighted by atomic mass is 10.0. The van der Waals surface area contributed by atoms with E-state index in [1.807, 2.05) is 27.2 Å². The van der Waals surface area contributed by atoms with Gasteiger partial charge in [0.25, 0.3) is 7.82 Å². The van der Waals surface area contributed by atoms with Crippen molar-refractivity contribution in [3.05, 3.63) is 24.3 Å². The summed E-state index contributed by atoms with van der Waals surface area (Å²) in [6.07, 6.45) is 44.0. The predicted octanol–water partition coefficient (Wildman–Crippen LogP) is 11.9. The van der Waals surface area contributed by atoms with Gasteiger partial charge in [-0.05, 0) is 32.1 Å². The summed E-state index contributed by atoms with van der Waals surface area (Å²) >= 11 is 0. The second kappa shape index (κ2) is 37.6. The van der Waals surface area contributed by atoms with Gasteiger partial charge in [-0.3, -0.25) is 9.36 Å². The van der Waals surface area contributed by atoms with Gasteiger partial charge < -0.3 is 28.8 Å². The Morgan fingerprint density at radius 2 is 1.04 bits per heavy atom. The molecule has 0 fully saturated rings. The predicted molar refractivity (Wildman–Crippen MR) is 228 cm³/mol. The number of amides is 1. The third-order valence-corrected chi connectivity index (χ3v) is 11.1. The molecule has 0 aromatic heterocycles. The monoisotopic (exact) mass is 785 g/mol. The van der Waals surface area contributed by atoms with E-state index >= 15 is 0 Å². The van der Waals surface area contributed by atoms with Crippen LogP contribution in [0, 0.1) is 0 Å². The largest absolute Gasteiger partial charge is 0.756 e. The van der Waals surface area contributed by atoms with Crippen LogP contribution < -0.4 is 10.2 Å². The Morgan fingerprint density at radius 3 is 1.50 bits per heavy atom. The van der Waals surface area contributed by atoms with Crippen LogP contribution in [0.4, 0.5) is 0 Å². The maximum absolute atomic E-state index is 12.7. The molecule has 3 unspecified atom stereocenters. The Balaban J connectivity index is 4.25. The first kappa shape index (κ1) is 53.0. The van der Waals surface area contributed by atoms with E-state index in [1.165, 1.54) is 148 Å². The highest BCUT2D eigenvalue weighted by atomic mass is 31.2. The molecule has 320 valence electrons. The van der Waals surface area contributed by atoms with Gasteiger partial charge in [0.15, 0.2) is 0 Å². The molecule has 9 heteroatoms. The van der Waals surface area contributed by atoms with Crippen LogP contribution in [0.5, 0.6) is 0 Å². The van der Waals surface area contributed by atoms with E-state index in [0.29, 0.717) is 17.4 Å². The molecule has 0 rings (SSSR count).